The van der Waals surface area contributed by atoms with Gasteiger partial charge in [-0.2, -0.15) is 0 Å². The highest BCUT2D eigenvalue weighted by Gasteiger charge is 2.16. The van der Waals surface area contributed by atoms with Crippen LogP contribution in [0.2, 0.25) is 0 Å². The van der Waals surface area contributed by atoms with Crippen molar-refractivity contribution in [3.63, 3.8) is 0 Å². The minimum Gasteiger partial charge on any atom is -0.348 e. The molecule has 1 unspecified atom stereocenters. The van der Waals surface area contributed by atoms with E-state index in [1.807, 2.05) is 30.3 Å². The third-order valence-corrected chi connectivity index (χ3v) is 4.71. The fraction of sp³-hybridized carbons (Fsp3) is 0.235. The zero-order valence-corrected chi connectivity index (χ0v) is 14.0. The van der Waals surface area contributed by atoms with Crippen LogP contribution in [0.1, 0.15) is 24.1 Å². The molecule has 0 saturated carbocycles. The van der Waals surface area contributed by atoms with Crippen LogP contribution in [0.25, 0.3) is 0 Å². The molecule has 0 radical (unpaired) electrons. The molecule has 0 bridgehead atoms. The third kappa shape index (κ3) is 5.43. The first-order valence-corrected chi connectivity index (χ1v) is 9.07. The molecule has 2 N–H and O–H groups in total. The van der Waals surface area contributed by atoms with Gasteiger partial charge in [0.05, 0.1) is 18.3 Å². The van der Waals surface area contributed by atoms with Gasteiger partial charge in [0.1, 0.15) is 5.82 Å². The van der Waals surface area contributed by atoms with E-state index in [0.717, 1.165) is 5.56 Å². The molecule has 7 heteroatoms. The number of carbonyl (C=O) groups excluding carboxylic acids is 1. The fourth-order valence-electron chi connectivity index (χ4n) is 2.16. The Bertz CT molecular complexity index is 794. The zero-order chi connectivity index (χ0) is 17.6. The van der Waals surface area contributed by atoms with E-state index in [1.54, 1.807) is 13.0 Å². The Morgan fingerprint density at radius 3 is 2.38 bits per heavy atom. The number of hydrogen-bond acceptors (Lipinski definition) is 3. The largest absolute Gasteiger partial charge is 0.348 e. The average Bonchev–Trinajstić information content (AvgIpc) is 2.56. The normalized spacial score (nSPS) is 12.6. The van der Waals surface area contributed by atoms with Crippen molar-refractivity contribution in [2.45, 2.75) is 18.7 Å². The number of sulfonamides is 1. The van der Waals surface area contributed by atoms with E-state index in [9.17, 15) is 17.6 Å². The van der Waals surface area contributed by atoms with Gasteiger partial charge in [-0.1, -0.05) is 48.5 Å². The van der Waals surface area contributed by atoms with E-state index in [0.29, 0.717) is 0 Å². The summed E-state index contributed by atoms with van der Waals surface area (Å²) >= 11 is 0. The Kier molecular flexibility index (Phi) is 6.05. The smallest absolute Gasteiger partial charge is 0.235 e. The zero-order valence-electron chi connectivity index (χ0n) is 13.2. The summed E-state index contributed by atoms with van der Waals surface area (Å²) in [4.78, 5) is 11.9. The van der Waals surface area contributed by atoms with Crippen LogP contribution >= 0.6 is 0 Å². The lowest BCUT2D eigenvalue weighted by atomic mass is 10.1. The minimum atomic E-state index is -3.80. The molecule has 0 aliphatic carbocycles. The summed E-state index contributed by atoms with van der Waals surface area (Å²) in [6.45, 7) is 1.41. The molecule has 5 nitrogen and oxygen atoms in total. The number of carbonyl (C=O) groups is 1. The first-order chi connectivity index (χ1) is 11.4. The summed E-state index contributed by atoms with van der Waals surface area (Å²) in [5.74, 6) is -1.56. The molecule has 0 fully saturated rings. The maximum Gasteiger partial charge on any atom is 0.235 e. The molecule has 2 rings (SSSR count). The SMILES string of the molecule is CC(NC(=O)CNS(=O)(=O)Cc1ccccc1F)c1ccccc1. The van der Waals surface area contributed by atoms with Crippen molar-refractivity contribution in [2.75, 3.05) is 6.54 Å². The van der Waals surface area contributed by atoms with E-state index in [1.165, 1.54) is 18.2 Å². The molecule has 1 amide bonds. The van der Waals surface area contributed by atoms with Crippen LogP contribution in [0.15, 0.2) is 54.6 Å². The summed E-state index contributed by atoms with van der Waals surface area (Å²) in [5, 5.41) is 2.70. The number of halogens is 1. The molecule has 0 aliphatic rings. The lowest BCUT2D eigenvalue weighted by Gasteiger charge is -2.14. The Morgan fingerprint density at radius 1 is 1.08 bits per heavy atom. The van der Waals surface area contributed by atoms with Crippen molar-refractivity contribution < 1.29 is 17.6 Å². The average molecular weight is 350 g/mol. The topological polar surface area (TPSA) is 75.3 Å². The maximum atomic E-state index is 13.5. The molecule has 1 atom stereocenters. The van der Waals surface area contributed by atoms with E-state index in [4.69, 9.17) is 0 Å². The molecule has 24 heavy (non-hydrogen) atoms. The van der Waals surface area contributed by atoms with Crippen LogP contribution in [-0.2, 0) is 20.6 Å². The van der Waals surface area contributed by atoms with Crippen LogP contribution in [0.4, 0.5) is 4.39 Å². The second-order valence-corrected chi connectivity index (χ2v) is 7.18. The summed E-state index contributed by atoms with van der Waals surface area (Å²) in [7, 11) is -3.80. The molecule has 0 aromatic heterocycles. The van der Waals surface area contributed by atoms with Crippen LogP contribution < -0.4 is 10.0 Å². The Hall–Kier alpha value is -2.25. The van der Waals surface area contributed by atoms with Gasteiger partial charge in [0.2, 0.25) is 15.9 Å². The molecule has 128 valence electrons. The van der Waals surface area contributed by atoms with Crippen LogP contribution in [0.3, 0.4) is 0 Å². The number of hydrogen-bond donors (Lipinski definition) is 2. The molecule has 0 saturated heterocycles. The number of benzene rings is 2. The Labute approximate surface area is 141 Å². The first kappa shape index (κ1) is 18.1. The van der Waals surface area contributed by atoms with Crippen molar-refractivity contribution in [1.82, 2.24) is 10.0 Å². The van der Waals surface area contributed by atoms with Gasteiger partial charge >= 0.3 is 0 Å². The highest BCUT2D eigenvalue weighted by atomic mass is 32.2. The summed E-state index contributed by atoms with van der Waals surface area (Å²) in [5.41, 5.74) is 0.975. The molecule has 0 heterocycles. The second kappa shape index (κ2) is 8.03. The number of nitrogens with one attached hydrogen (secondary N) is 2. The Morgan fingerprint density at radius 2 is 1.71 bits per heavy atom. The molecular weight excluding hydrogens is 331 g/mol. The number of amides is 1. The van der Waals surface area contributed by atoms with Crippen molar-refractivity contribution in [3.05, 3.63) is 71.5 Å². The fourth-order valence-corrected chi connectivity index (χ4v) is 3.26. The minimum absolute atomic E-state index is 0.0584. The third-order valence-electron chi connectivity index (χ3n) is 3.43. The molecule has 0 aliphatic heterocycles. The van der Waals surface area contributed by atoms with Gasteiger partial charge in [-0.15, -0.1) is 0 Å². The van der Waals surface area contributed by atoms with E-state index < -0.39 is 34.0 Å². The van der Waals surface area contributed by atoms with Crippen molar-refractivity contribution in [2.24, 2.45) is 0 Å². The monoisotopic (exact) mass is 350 g/mol. The lowest BCUT2D eigenvalue weighted by molar-refractivity contribution is -0.120. The molecule has 2 aromatic rings. The van der Waals surface area contributed by atoms with E-state index >= 15 is 0 Å². The highest BCUT2D eigenvalue weighted by molar-refractivity contribution is 7.88. The molecule has 0 spiro atoms. The van der Waals surface area contributed by atoms with Gasteiger partial charge in [-0.05, 0) is 18.6 Å². The maximum absolute atomic E-state index is 13.5. The van der Waals surface area contributed by atoms with E-state index in [-0.39, 0.29) is 11.6 Å². The van der Waals surface area contributed by atoms with Gasteiger partial charge in [0.15, 0.2) is 0 Å². The summed E-state index contributed by atoms with van der Waals surface area (Å²) in [6, 6.07) is 14.7. The number of rotatable bonds is 7. The van der Waals surface area contributed by atoms with Gasteiger partial charge < -0.3 is 5.32 Å². The Balaban J connectivity index is 1.87. The van der Waals surface area contributed by atoms with Crippen molar-refractivity contribution >= 4 is 15.9 Å². The van der Waals surface area contributed by atoms with E-state index in [2.05, 4.69) is 10.0 Å². The lowest BCUT2D eigenvalue weighted by Crippen LogP contribution is -2.38. The highest BCUT2D eigenvalue weighted by Crippen LogP contribution is 2.11. The summed E-state index contributed by atoms with van der Waals surface area (Å²) < 4.78 is 39.6. The molecule has 2 aromatic carbocycles. The van der Waals surface area contributed by atoms with Crippen molar-refractivity contribution in [3.8, 4) is 0 Å². The van der Waals surface area contributed by atoms with Crippen LogP contribution in [0, 0.1) is 5.82 Å². The molecular formula is C17H19FN2O3S. The van der Waals surface area contributed by atoms with Gasteiger partial charge in [-0.3, -0.25) is 4.79 Å². The van der Waals surface area contributed by atoms with Gasteiger partial charge in [0, 0.05) is 5.56 Å². The van der Waals surface area contributed by atoms with Gasteiger partial charge in [-0.25, -0.2) is 17.5 Å². The first-order valence-electron chi connectivity index (χ1n) is 7.42. The standard InChI is InChI=1S/C17H19FN2O3S/c1-13(14-7-3-2-4-8-14)20-17(21)11-19-24(22,23)12-15-9-5-6-10-16(15)18/h2-10,13,19H,11-12H2,1H3,(H,20,21). The second-order valence-electron chi connectivity index (χ2n) is 5.37. The summed E-state index contributed by atoms with van der Waals surface area (Å²) in [6.07, 6.45) is 0. The van der Waals surface area contributed by atoms with Crippen LogP contribution in [0.5, 0.6) is 0 Å². The quantitative estimate of drug-likeness (QED) is 0.803. The van der Waals surface area contributed by atoms with Gasteiger partial charge in [0.25, 0.3) is 0 Å². The predicted octanol–water partition coefficient (Wildman–Crippen LogP) is 2.12. The van der Waals surface area contributed by atoms with Crippen LogP contribution in [-0.4, -0.2) is 20.9 Å². The predicted molar refractivity (Wildman–Crippen MR) is 90.0 cm³/mol. The van der Waals surface area contributed by atoms with Crippen molar-refractivity contribution in [1.29, 1.82) is 0 Å².